The predicted octanol–water partition coefficient (Wildman–Crippen LogP) is 0.420. The van der Waals surface area contributed by atoms with Gasteiger partial charge >= 0.3 is 0 Å². The van der Waals surface area contributed by atoms with Gasteiger partial charge in [-0.3, -0.25) is 0 Å². The van der Waals surface area contributed by atoms with Crippen molar-refractivity contribution < 1.29 is 22.0 Å². The molecular weight excluding hydrogens is 233 g/mol. The maximum atomic E-state index is 13.1. The monoisotopic (exact) mass is 250 g/mol. The minimum absolute atomic E-state index is 0.0145. The van der Waals surface area contributed by atoms with Gasteiger partial charge in [0.25, 0.3) is 0 Å². The number of rotatable bonds is 4. The van der Waals surface area contributed by atoms with Crippen LogP contribution in [0.3, 0.4) is 0 Å². The molecule has 0 amide bonds. The van der Waals surface area contributed by atoms with E-state index in [1.54, 1.807) is 0 Å². The lowest BCUT2D eigenvalue weighted by Gasteiger charge is -2.16. The first-order valence-electron chi connectivity index (χ1n) is 5.83. The molecule has 0 aliphatic heterocycles. The molecule has 0 saturated heterocycles. The Hall–Kier alpha value is -0.980. The van der Waals surface area contributed by atoms with E-state index in [4.69, 9.17) is 9.85 Å². The van der Waals surface area contributed by atoms with Crippen molar-refractivity contribution in [2.75, 3.05) is 12.9 Å². The first-order chi connectivity index (χ1) is 8.37. The summed E-state index contributed by atoms with van der Waals surface area (Å²) in [6.45, 7) is -3.62. The first-order valence-corrected chi connectivity index (χ1v) is 6.22. The highest BCUT2D eigenvalue weighted by Gasteiger charge is 2.17. The largest absolute Gasteiger partial charge is 0.387 e. The number of alkyl halides is 1. The van der Waals surface area contributed by atoms with Gasteiger partial charge in [0.15, 0.2) is 9.84 Å². The topological polar surface area (TPSA) is 80.4 Å². The third-order valence-electron chi connectivity index (χ3n) is 2.03. The Morgan fingerprint density at radius 1 is 1.56 bits per heavy atom. The average Bonchev–Trinajstić information content (AvgIpc) is 2.25. The van der Waals surface area contributed by atoms with Crippen LogP contribution in [0.2, 0.25) is 0 Å². The Bertz CT molecular complexity index is 554. The number of nitrogens with two attached hydrogens (primary N) is 1. The summed E-state index contributed by atoms with van der Waals surface area (Å²) in [5.41, 5.74) is 5.09. The molecule has 2 atom stereocenters. The number of hydrogen-bond acceptors (Lipinski definition) is 4. The molecule has 90 valence electrons. The summed E-state index contributed by atoms with van der Waals surface area (Å²) in [5.74, 6) is 0. The Labute approximate surface area is 98.0 Å². The lowest BCUT2D eigenvalue weighted by molar-refractivity contribution is 0.132. The van der Waals surface area contributed by atoms with Crippen molar-refractivity contribution in [1.29, 1.82) is 0 Å². The van der Waals surface area contributed by atoms with E-state index in [0.29, 0.717) is 0 Å². The zero-order valence-electron chi connectivity index (χ0n) is 11.5. The van der Waals surface area contributed by atoms with Gasteiger partial charge in [-0.2, -0.15) is 0 Å². The smallest absolute Gasteiger partial charge is 0.175 e. The Morgan fingerprint density at radius 3 is 2.44 bits per heavy atom. The molecule has 1 aromatic carbocycles. The molecule has 1 aromatic rings. The van der Waals surface area contributed by atoms with Gasteiger partial charge in [0.2, 0.25) is 0 Å². The Kier molecular flexibility index (Phi) is 2.79. The lowest BCUT2D eigenvalue weighted by Crippen LogP contribution is -2.30. The molecular formula is C10H14FNO3S. The summed E-state index contributed by atoms with van der Waals surface area (Å²) in [6.07, 6.45) is -0.947. The van der Waals surface area contributed by atoms with Crippen LogP contribution < -0.4 is 5.73 Å². The van der Waals surface area contributed by atoms with Crippen LogP contribution in [0.25, 0.3) is 0 Å². The highest BCUT2D eigenvalue weighted by atomic mass is 32.2. The van der Waals surface area contributed by atoms with Crippen LogP contribution in [0.5, 0.6) is 0 Å². The van der Waals surface area contributed by atoms with Crippen LogP contribution >= 0.6 is 0 Å². The fraction of sp³-hybridized carbons (Fsp3) is 0.400. The summed E-state index contributed by atoms with van der Waals surface area (Å²) in [4.78, 5) is -0.0145. The molecule has 0 radical (unpaired) electrons. The van der Waals surface area contributed by atoms with E-state index in [1.807, 2.05) is 0 Å². The average molecular weight is 250 g/mol. The van der Waals surface area contributed by atoms with Crippen molar-refractivity contribution in [3.05, 3.63) is 29.8 Å². The van der Waals surface area contributed by atoms with Crippen molar-refractivity contribution in [3.8, 4) is 0 Å². The third kappa shape index (κ3) is 3.01. The Balaban J connectivity index is 3.12. The molecule has 0 saturated carbocycles. The standard InChI is InChI=1S/C10H14FNO3S/c1-16(14,15)8-4-2-7(3-5-8)10(13)9(12)6-11/h2-5,9-10,13H,6,12H2,1H3/t9-,10-/m1/s1/i6D2,9D. The van der Waals surface area contributed by atoms with Crippen LogP contribution in [-0.4, -0.2) is 32.4 Å². The molecule has 0 fully saturated rings. The number of halogens is 1. The zero-order valence-corrected chi connectivity index (χ0v) is 9.33. The van der Waals surface area contributed by atoms with E-state index in [9.17, 15) is 17.9 Å². The molecule has 6 heteroatoms. The summed E-state index contributed by atoms with van der Waals surface area (Å²) in [6, 6.07) is 1.74. The number of aliphatic hydroxyl groups is 1. The fourth-order valence-corrected chi connectivity index (χ4v) is 1.76. The van der Waals surface area contributed by atoms with E-state index < -0.39 is 28.6 Å². The highest BCUT2D eigenvalue weighted by molar-refractivity contribution is 7.90. The minimum Gasteiger partial charge on any atom is -0.387 e. The normalized spacial score (nSPS) is 21.4. The number of sulfone groups is 1. The predicted molar refractivity (Wildman–Crippen MR) is 58.5 cm³/mol. The zero-order chi connectivity index (χ0) is 15.1. The molecule has 0 unspecified atom stereocenters. The molecule has 0 bridgehead atoms. The van der Waals surface area contributed by atoms with E-state index in [2.05, 4.69) is 0 Å². The summed E-state index contributed by atoms with van der Waals surface area (Å²) in [5, 5.41) is 9.74. The van der Waals surface area contributed by atoms with Gasteiger partial charge in [-0.25, -0.2) is 12.8 Å². The minimum atomic E-state index is -3.62. The number of hydrogen-bond donors (Lipinski definition) is 2. The highest BCUT2D eigenvalue weighted by Crippen LogP contribution is 2.18. The molecule has 16 heavy (non-hydrogen) atoms. The van der Waals surface area contributed by atoms with Crippen molar-refractivity contribution in [2.24, 2.45) is 5.73 Å². The molecule has 0 aliphatic rings. The molecule has 0 spiro atoms. The van der Waals surface area contributed by atoms with Gasteiger partial charge in [0, 0.05) is 6.26 Å². The SMILES string of the molecule is [2H]C([2H])(F)[C@@]([2H])(N)[C@H](O)c1ccc(S(C)(=O)=O)cc1. The molecule has 4 nitrogen and oxygen atoms in total. The summed E-state index contributed by atoms with van der Waals surface area (Å²) >= 11 is 0. The van der Waals surface area contributed by atoms with Crippen LogP contribution in [0.15, 0.2) is 29.2 Å². The number of benzene rings is 1. The van der Waals surface area contributed by atoms with Crippen molar-refractivity contribution in [2.45, 2.75) is 17.0 Å². The van der Waals surface area contributed by atoms with Crippen LogP contribution in [0, 0.1) is 0 Å². The molecule has 0 aliphatic carbocycles. The second-order valence-electron chi connectivity index (χ2n) is 3.29. The van der Waals surface area contributed by atoms with E-state index in [1.165, 1.54) is 0 Å². The van der Waals surface area contributed by atoms with Crippen LogP contribution in [-0.2, 0) is 9.84 Å². The molecule has 1 rings (SSSR count). The number of aliphatic hydroxyl groups excluding tert-OH is 1. The summed E-state index contributed by atoms with van der Waals surface area (Å²) < 4.78 is 56.5. The van der Waals surface area contributed by atoms with Gasteiger partial charge in [0.05, 0.1) is 21.1 Å². The van der Waals surface area contributed by atoms with Gasteiger partial charge in [-0.15, -0.1) is 0 Å². The van der Waals surface area contributed by atoms with Gasteiger partial charge in [0.1, 0.15) is 6.63 Å². The van der Waals surface area contributed by atoms with Crippen molar-refractivity contribution in [3.63, 3.8) is 0 Å². The quantitative estimate of drug-likeness (QED) is 0.811. The molecule has 0 aromatic heterocycles. The van der Waals surface area contributed by atoms with Gasteiger partial charge in [-0.05, 0) is 17.7 Å². The van der Waals surface area contributed by atoms with Gasteiger partial charge < -0.3 is 10.8 Å². The second-order valence-corrected chi connectivity index (χ2v) is 5.31. The maximum Gasteiger partial charge on any atom is 0.175 e. The van der Waals surface area contributed by atoms with E-state index >= 15 is 0 Å². The summed E-state index contributed by atoms with van der Waals surface area (Å²) in [7, 11) is -3.42. The van der Waals surface area contributed by atoms with Crippen LogP contribution in [0.1, 0.15) is 15.8 Å². The fourth-order valence-electron chi connectivity index (χ4n) is 1.13. The Morgan fingerprint density at radius 2 is 2.06 bits per heavy atom. The lowest BCUT2D eigenvalue weighted by atomic mass is 10.0. The first kappa shape index (κ1) is 9.09. The molecule has 3 N–H and O–H groups in total. The van der Waals surface area contributed by atoms with Crippen molar-refractivity contribution >= 4 is 9.84 Å². The third-order valence-corrected chi connectivity index (χ3v) is 3.16. The van der Waals surface area contributed by atoms with Gasteiger partial charge in [-0.1, -0.05) is 12.1 Å². The second kappa shape index (κ2) is 4.90. The maximum absolute atomic E-state index is 13.1. The van der Waals surface area contributed by atoms with Crippen molar-refractivity contribution in [1.82, 2.24) is 0 Å². The molecule has 0 heterocycles. The van der Waals surface area contributed by atoms with E-state index in [-0.39, 0.29) is 10.5 Å². The van der Waals surface area contributed by atoms with Crippen LogP contribution in [0.4, 0.5) is 4.39 Å². The van der Waals surface area contributed by atoms with E-state index in [0.717, 1.165) is 30.5 Å².